The zero-order valence-electron chi connectivity index (χ0n) is 29.7. The molecule has 0 aliphatic heterocycles. The van der Waals surface area contributed by atoms with E-state index in [1.165, 1.54) is 54.8 Å². The fourth-order valence-corrected chi connectivity index (χ4v) is 8.00. The van der Waals surface area contributed by atoms with Gasteiger partial charge in [-0.05, 0) is 81.7 Å². The topological polar surface area (TPSA) is 8.17 Å². The largest absolute Gasteiger partial charge is 0.310 e. The lowest BCUT2D eigenvalue weighted by Gasteiger charge is -2.28. The maximum absolute atomic E-state index is 2.43. The molecule has 9 aromatic carbocycles. The molecule has 0 aliphatic rings. The first-order valence-corrected chi connectivity index (χ1v) is 18.5. The number of benzene rings is 9. The molecule has 2 nitrogen and oxygen atoms in total. The first-order chi connectivity index (χ1) is 26.8. The highest BCUT2D eigenvalue weighted by Crippen LogP contribution is 2.43. The SMILES string of the molecule is c1ccc(-c2ccc(N(c3ccc(-c4ccccc4)cc3)c3ccccc3-c3ccc(-n4c5ccccc5c5ccc6ccccc6c54)cc3)cc2)cc1. The van der Waals surface area contributed by atoms with E-state index < -0.39 is 0 Å². The Kier molecular flexibility index (Phi) is 7.85. The number of nitrogens with zero attached hydrogens (tertiary/aromatic N) is 2. The molecule has 0 N–H and O–H groups in total. The normalized spacial score (nSPS) is 11.3. The van der Waals surface area contributed by atoms with E-state index in [-0.39, 0.29) is 0 Å². The summed E-state index contributed by atoms with van der Waals surface area (Å²) in [5.74, 6) is 0. The zero-order chi connectivity index (χ0) is 35.8. The van der Waals surface area contributed by atoms with Gasteiger partial charge in [0, 0.05) is 38.8 Å². The lowest BCUT2D eigenvalue weighted by molar-refractivity contribution is 1.19. The molecule has 254 valence electrons. The van der Waals surface area contributed by atoms with Crippen LogP contribution in [0.1, 0.15) is 0 Å². The Morgan fingerprint density at radius 2 is 0.815 bits per heavy atom. The van der Waals surface area contributed by atoms with Gasteiger partial charge in [0.1, 0.15) is 0 Å². The van der Waals surface area contributed by atoms with Crippen molar-refractivity contribution in [3.8, 4) is 39.1 Å². The van der Waals surface area contributed by atoms with Crippen LogP contribution in [0.4, 0.5) is 17.1 Å². The van der Waals surface area contributed by atoms with Gasteiger partial charge in [0.05, 0.1) is 16.7 Å². The maximum Gasteiger partial charge on any atom is 0.0619 e. The summed E-state index contributed by atoms with van der Waals surface area (Å²) in [5, 5.41) is 5.03. The highest BCUT2D eigenvalue weighted by atomic mass is 15.1. The van der Waals surface area contributed by atoms with E-state index in [9.17, 15) is 0 Å². The zero-order valence-corrected chi connectivity index (χ0v) is 29.7. The number of para-hydroxylation sites is 2. The van der Waals surface area contributed by atoms with E-state index in [4.69, 9.17) is 0 Å². The summed E-state index contributed by atoms with van der Waals surface area (Å²) in [5.41, 5.74) is 14.0. The van der Waals surface area contributed by atoms with E-state index in [2.05, 4.69) is 228 Å². The molecule has 0 spiro atoms. The van der Waals surface area contributed by atoms with Crippen molar-refractivity contribution in [1.29, 1.82) is 0 Å². The second-order valence-electron chi connectivity index (χ2n) is 13.8. The Hall–Kier alpha value is -7.16. The molecule has 10 rings (SSSR count). The molecule has 10 aromatic rings. The quantitative estimate of drug-likeness (QED) is 0.162. The van der Waals surface area contributed by atoms with Crippen molar-refractivity contribution >= 4 is 49.6 Å². The molecule has 0 saturated heterocycles. The molecule has 0 radical (unpaired) electrons. The van der Waals surface area contributed by atoms with Gasteiger partial charge >= 0.3 is 0 Å². The van der Waals surface area contributed by atoms with Crippen LogP contribution in [0.5, 0.6) is 0 Å². The van der Waals surface area contributed by atoms with Crippen molar-refractivity contribution in [1.82, 2.24) is 4.57 Å². The molecule has 0 atom stereocenters. The molecule has 0 bridgehead atoms. The molecule has 54 heavy (non-hydrogen) atoms. The van der Waals surface area contributed by atoms with Gasteiger partial charge in [-0.25, -0.2) is 0 Å². The van der Waals surface area contributed by atoms with Crippen LogP contribution in [0.15, 0.2) is 218 Å². The molecule has 0 aliphatic carbocycles. The summed E-state index contributed by atoms with van der Waals surface area (Å²) in [7, 11) is 0. The van der Waals surface area contributed by atoms with Crippen LogP contribution in [0, 0.1) is 0 Å². The van der Waals surface area contributed by atoms with Crippen LogP contribution < -0.4 is 4.90 Å². The second kappa shape index (κ2) is 13.4. The highest BCUT2D eigenvalue weighted by molar-refractivity contribution is 6.18. The molecule has 1 aromatic heterocycles. The van der Waals surface area contributed by atoms with Crippen molar-refractivity contribution in [2.75, 3.05) is 4.90 Å². The third-order valence-corrected chi connectivity index (χ3v) is 10.6. The third-order valence-electron chi connectivity index (χ3n) is 10.6. The fourth-order valence-electron chi connectivity index (χ4n) is 8.00. The predicted octanol–water partition coefficient (Wildman–Crippen LogP) is 14.4. The van der Waals surface area contributed by atoms with Crippen LogP contribution >= 0.6 is 0 Å². The minimum absolute atomic E-state index is 1.10. The van der Waals surface area contributed by atoms with Crippen molar-refractivity contribution in [2.24, 2.45) is 0 Å². The van der Waals surface area contributed by atoms with Crippen LogP contribution in [0.25, 0.3) is 71.6 Å². The summed E-state index contributed by atoms with van der Waals surface area (Å²) < 4.78 is 2.43. The number of rotatable bonds is 7. The van der Waals surface area contributed by atoms with Gasteiger partial charge in [-0.15, -0.1) is 0 Å². The number of hydrogen-bond donors (Lipinski definition) is 0. The van der Waals surface area contributed by atoms with Gasteiger partial charge in [0.25, 0.3) is 0 Å². The predicted molar refractivity (Wildman–Crippen MR) is 229 cm³/mol. The minimum atomic E-state index is 1.10. The van der Waals surface area contributed by atoms with E-state index in [0.717, 1.165) is 33.9 Å². The Balaban J connectivity index is 1.09. The van der Waals surface area contributed by atoms with Crippen LogP contribution in [-0.2, 0) is 0 Å². The summed E-state index contributed by atoms with van der Waals surface area (Å²) in [6, 6.07) is 78.8. The molecule has 0 saturated carbocycles. The van der Waals surface area contributed by atoms with E-state index in [1.807, 2.05) is 0 Å². The van der Waals surface area contributed by atoms with Crippen molar-refractivity contribution < 1.29 is 0 Å². The average Bonchev–Trinajstić information content (AvgIpc) is 3.60. The Morgan fingerprint density at radius 3 is 1.46 bits per heavy atom. The molecule has 2 heteroatoms. The number of anilines is 3. The molecule has 0 fully saturated rings. The van der Waals surface area contributed by atoms with Gasteiger partial charge in [-0.2, -0.15) is 0 Å². The second-order valence-corrected chi connectivity index (χ2v) is 13.8. The van der Waals surface area contributed by atoms with Crippen molar-refractivity contribution in [2.45, 2.75) is 0 Å². The van der Waals surface area contributed by atoms with E-state index in [1.54, 1.807) is 0 Å². The standard InChI is InChI=1S/C52H36N2/c1-3-13-37(14-4-1)39-23-30-43(31-24-39)53(44-32-25-40(26-33-44)38-15-5-2-6-16-38)50-21-11-9-18-46(50)42-27-34-45(35-28-42)54-51-22-12-10-20-48(51)49-36-29-41-17-7-8-19-47(41)52(49)54/h1-36H. The Morgan fingerprint density at radius 1 is 0.315 bits per heavy atom. The Bertz CT molecular complexity index is 2810. The lowest BCUT2D eigenvalue weighted by Crippen LogP contribution is -2.11. The van der Waals surface area contributed by atoms with E-state index in [0.29, 0.717) is 0 Å². The van der Waals surface area contributed by atoms with Crippen LogP contribution in [0.3, 0.4) is 0 Å². The molecule has 0 amide bonds. The van der Waals surface area contributed by atoms with Crippen molar-refractivity contribution in [3.05, 3.63) is 218 Å². The first kappa shape index (κ1) is 31.6. The first-order valence-electron chi connectivity index (χ1n) is 18.5. The molecular formula is C52H36N2. The van der Waals surface area contributed by atoms with Crippen LogP contribution in [0.2, 0.25) is 0 Å². The summed E-state index contributed by atoms with van der Waals surface area (Å²) in [6.45, 7) is 0. The fraction of sp³-hybridized carbons (Fsp3) is 0. The van der Waals surface area contributed by atoms with Gasteiger partial charge in [0.15, 0.2) is 0 Å². The number of hydrogen-bond acceptors (Lipinski definition) is 1. The van der Waals surface area contributed by atoms with E-state index >= 15 is 0 Å². The minimum Gasteiger partial charge on any atom is -0.310 e. The smallest absolute Gasteiger partial charge is 0.0619 e. The Labute approximate surface area is 315 Å². The molecule has 1 heterocycles. The monoisotopic (exact) mass is 688 g/mol. The number of aromatic nitrogens is 1. The van der Waals surface area contributed by atoms with Gasteiger partial charge in [0.2, 0.25) is 0 Å². The van der Waals surface area contributed by atoms with Gasteiger partial charge < -0.3 is 9.47 Å². The summed E-state index contributed by atoms with van der Waals surface area (Å²) >= 11 is 0. The lowest BCUT2D eigenvalue weighted by atomic mass is 10.00. The number of fused-ring (bicyclic) bond motifs is 5. The summed E-state index contributed by atoms with van der Waals surface area (Å²) in [6.07, 6.45) is 0. The van der Waals surface area contributed by atoms with Crippen LogP contribution in [-0.4, -0.2) is 4.57 Å². The molecular weight excluding hydrogens is 653 g/mol. The van der Waals surface area contributed by atoms with Crippen molar-refractivity contribution in [3.63, 3.8) is 0 Å². The third kappa shape index (κ3) is 5.53. The average molecular weight is 689 g/mol. The highest BCUT2D eigenvalue weighted by Gasteiger charge is 2.19. The molecule has 0 unspecified atom stereocenters. The van der Waals surface area contributed by atoms with Gasteiger partial charge in [-0.3, -0.25) is 0 Å². The van der Waals surface area contributed by atoms with Gasteiger partial charge in [-0.1, -0.05) is 170 Å². The summed E-state index contributed by atoms with van der Waals surface area (Å²) in [4.78, 5) is 2.38. The maximum atomic E-state index is 2.43.